The zero-order valence-corrected chi connectivity index (χ0v) is 12.1. The largest absolute Gasteiger partial charge is 0.534 e. The monoisotopic (exact) mass is 356 g/mol. The van der Waals surface area contributed by atoms with Crippen LogP contribution in [0.4, 0.5) is 17.6 Å². The molecule has 0 saturated heterocycles. The van der Waals surface area contributed by atoms with Crippen LogP contribution in [0.5, 0.6) is 5.75 Å². The maximum atomic E-state index is 13.9. The van der Waals surface area contributed by atoms with E-state index in [2.05, 4.69) is 8.92 Å². The van der Waals surface area contributed by atoms with E-state index in [0.29, 0.717) is 0 Å². The van der Waals surface area contributed by atoms with Crippen molar-refractivity contribution in [3.05, 3.63) is 35.2 Å². The van der Waals surface area contributed by atoms with Gasteiger partial charge in [0, 0.05) is 0 Å². The molecule has 11 heteroatoms. The molecule has 0 fully saturated rings. The van der Waals surface area contributed by atoms with Crippen LogP contribution in [0.1, 0.15) is 15.9 Å². The number of esters is 1. The molecule has 6 nitrogen and oxygen atoms in total. The Kier molecular flexibility index (Phi) is 4.24. The van der Waals surface area contributed by atoms with E-state index in [1.807, 2.05) is 0 Å². The van der Waals surface area contributed by atoms with Gasteiger partial charge >= 0.3 is 21.6 Å². The van der Waals surface area contributed by atoms with E-state index in [4.69, 9.17) is 4.74 Å². The summed E-state index contributed by atoms with van der Waals surface area (Å²) >= 11 is 0. The molecule has 0 spiro atoms. The molecule has 0 radical (unpaired) electrons. The van der Waals surface area contributed by atoms with Crippen molar-refractivity contribution in [2.24, 2.45) is 0 Å². The summed E-state index contributed by atoms with van der Waals surface area (Å²) in [5, 5.41) is 0. The number of benzene rings is 1. The van der Waals surface area contributed by atoms with Crippen LogP contribution in [0.3, 0.4) is 0 Å². The summed E-state index contributed by atoms with van der Waals surface area (Å²) in [5.41, 5.74) is -6.47. The lowest BCUT2D eigenvalue weighted by molar-refractivity contribution is -0.0509. The molecule has 0 N–H and O–H groups in total. The van der Waals surface area contributed by atoms with Gasteiger partial charge in [0.1, 0.15) is 6.61 Å². The molecule has 0 atom stereocenters. The van der Waals surface area contributed by atoms with Crippen LogP contribution in [0.25, 0.3) is 5.76 Å². The number of carbonyl (C=O) groups excluding carboxylic acids is 1. The topological polar surface area (TPSA) is 78.9 Å². The fourth-order valence-electron chi connectivity index (χ4n) is 1.71. The van der Waals surface area contributed by atoms with Gasteiger partial charge in [-0.25, -0.2) is 9.18 Å². The van der Waals surface area contributed by atoms with Crippen LogP contribution in [0.15, 0.2) is 18.2 Å². The molecule has 1 heterocycles. The molecule has 1 aliphatic rings. The van der Waals surface area contributed by atoms with Crippen LogP contribution in [0, 0.1) is 5.82 Å². The first kappa shape index (κ1) is 17.1. The first-order valence-corrected chi connectivity index (χ1v) is 7.23. The van der Waals surface area contributed by atoms with Gasteiger partial charge in [-0.1, -0.05) is 0 Å². The molecule has 0 aromatic heterocycles. The Morgan fingerprint density at radius 3 is 2.52 bits per heavy atom. The minimum absolute atomic E-state index is 0.354. The average Bonchev–Trinajstić information content (AvgIpc) is 2.45. The Morgan fingerprint density at radius 1 is 1.30 bits per heavy atom. The third kappa shape index (κ3) is 3.23. The second-order valence-electron chi connectivity index (χ2n) is 4.19. The molecule has 23 heavy (non-hydrogen) atoms. The Morgan fingerprint density at radius 2 is 1.96 bits per heavy atom. The summed E-state index contributed by atoms with van der Waals surface area (Å²) in [6.07, 6.45) is 0.867. The van der Waals surface area contributed by atoms with E-state index in [1.165, 1.54) is 0 Å². The highest BCUT2D eigenvalue weighted by Gasteiger charge is 2.49. The lowest BCUT2D eigenvalue weighted by atomic mass is 10.1. The number of rotatable bonds is 3. The Hall–Kier alpha value is -2.30. The predicted molar refractivity (Wildman–Crippen MR) is 67.3 cm³/mol. The van der Waals surface area contributed by atoms with Crippen molar-refractivity contribution in [3.8, 4) is 5.75 Å². The molecular formula is C12H8F4O6S. The highest BCUT2D eigenvalue weighted by molar-refractivity contribution is 7.87. The number of fused-ring (bicyclic) bond motifs is 1. The van der Waals surface area contributed by atoms with Gasteiger partial charge in [0.25, 0.3) is 0 Å². The van der Waals surface area contributed by atoms with E-state index in [0.717, 1.165) is 25.3 Å². The van der Waals surface area contributed by atoms with Crippen molar-refractivity contribution >= 4 is 21.8 Å². The molecule has 1 aliphatic heterocycles. The molecule has 0 bridgehead atoms. The summed E-state index contributed by atoms with van der Waals surface area (Å²) in [5.74, 6) is -3.39. The van der Waals surface area contributed by atoms with Crippen LogP contribution < -0.4 is 4.74 Å². The van der Waals surface area contributed by atoms with Crippen LogP contribution >= 0.6 is 0 Å². The zero-order valence-electron chi connectivity index (χ0n) is 11.3. The quantitative estimate of drug-likeness (QED) is 0.358. The number of alkyl halides is 3. The van der Waals surface area contributed by atoms with E-state index in [9.17, 15) is 30.8 Å². The summed E-state index contributed by atoms with van der Waals surface area (Å²) in [4.78, 5) is 11.4. The van der Waals surface area contributed by atoms with Crippen molar-refractivity contribution in [2.45, 2.75) is 5.51 Å². The fraction of sp³-hybridized carbons (Fsp3) is 0.250. The van der Waals surface area contributed by atoms with E-state index >= 15 is 0 Å². The predicted octanol–water partition coefficient (Wildman–Crippen LogP) is 2.21. The first-order chi connectivity index (χ1) is 10.6. The normalized spacial score (nSPS) is 14.4. The van der Waals surface area contributed by atoms with Crippen LogP contribution in [-0.4, -0.2) is 33.6 Å². The Labute approximate surface area is 127 Å². The lowest BCUT2D eigenvalue weighted by Gasteiger charge is -2.20. The van der Waals surface area contributed by atoms with Crippen LogP contribution in [-0.2, 0) is 19.0 Å². The minimum Gasteiger partial charge on any atom is -0.486 e. The molecule has 0 aliphatic carbocycles. The maximum Gasteiger partial charge on any atom is 0.534 e. The second kappa shape index (κ2) is 5.72. The van der Waals surface area contributed by atoms with Crippen molar-refractivity contribution in [1.82, 2.24) is 0 Å². The molecule has 1 aromatic carbocycles. The van der Waals surface area contributed by atoms with E-state index in [1.54, 1.807) is 0 Å². The number of carbonyl (C=O) groups is 1. The number of methoxy groups -OCH3 is 1. The summed E-state index contributed by atoms with van der Waals surface area (Å²) < 4.78 is 86.5. The number of ether oxygens (including phenoxy) is 2. The van der Waals surface area contributed by atoms with Gasteiger partial charge in [-0.05, 0) is 18.2 Å². The van der Waals surface area contributed by atoms with Gasteiger partial charge in [-0.15, -0.1) is 0 Å². The highest BCUT2D eigenvalue weighted by Crippen LogP contribution is 2.37. The number of hydrogen-bond acceptors (Lipinski definition) is 6. The molecular weight excluding hydrogens is 348 g/mol. The molecule has 126 valence electrons. The van der Waals surface area contributed by atoms with Gasteiger partial charge in [-0.3, -0.25) is 0 Å². The number of hydrogen-bond donors (Lipinski definition) is 0. The second-order valence-corrected chi connectivity index (χ2v) is 5.73. The molecule has 2 rings (SSSR count). The third-order valence-corrected chi connectivity index (χ3v) is 3.68. The van der Waals surface area contributed by atoms with E-state index in [-0.39, 0.29) is 5.56 Å². The van der Waals surface area contributed by atoms with Crippen molar-refractivity contribution < 1.29 is 44.4 Å². The zero-order chi connectivity index (χ0) is 17.4. The van der Waals surface area contributed by atoms with Crippen molar-refractivity contribution in [1.29, 1.82) is 0 Å². The summed E-state index contributed by atoms with van der Waals surface area (Å²) in [6.45, 7) is -0.412. The fourth-order valence-corrected chi connectivity index (χ4v) is 2.20. The minimum atomic E-state index is -5.95. The Balaban J connectivity index is 2.50. The van der Waals surface area contributed by atoms with Crippen LogP contribution in [0.2, 0.25) is 0 Å². The van der Waals surface area contributed by atoms with Crippen molar-refractivity contribution in [3.63, 3.8) is 0 Å². The summed E-state index contributed by atoms with van der Waals surface area (Å²) in [7, 11) is -4.94. The standard InChI is InChI=1S/C12H8F4O6S/c1-20-11(17)6-4-7-9(22-23(18,19)12(14,15)16)2-3-21-10(7)8(13)5-6/h2,4-5H,3H2,1H3. The lowest BCUT2D eigenvalue weighted by Crippen LogP contribution is -2.26. The van der Waals surface area contributed by atoms with Gasteiger partial charge in [0.05, 0.1) is 18.2 Å². The van der Waals surface area contributed by atoms with E-state index < -0.39 is 51.1 Å². The average molecular weight is 356 g/mol. The van der Waals surface area contributed by atoms with Gasteiger partial charge < -0.3 is 13.7 Å². The molecule has 0 amide bonds. The van der Waals surface area contributed by atoms with Gasteiger partial charge in [-0.2, -0.15) is 21.6 Å². The van der Waals surface area contributed by atoms with Gasteiger partial charge in [0.2, 0.25) is 0 Å². The van der Waals surface area contributed by atoms with Crippen molar-refractivity contribution in [2.75, 3.05) is 13.7 Å². The maximum absolute atomic E-state index is 13.9. The summed E-state index contributed by atoms with van der Waals surface area (Å²) in [6, 6.07) is 1.65. The number of halogens is 4. The molecule has 1 aromatic rings. The smallest absolute Gasteiger partial charge is 0.486 e. The molecule has 0 saturated carbocycles. The Bertz CT molecular complexity index is 781. The highest BCUT2D eigenvalue weighted by atomic mass is 32.2. The van der Waals surface area contributed by atoms with Gasteiger partial charge in [0.15, 0.2) is 17.3 Å². The third-order valence-electron chi connectivity index (χ3n) is 2.71. The first-order valence-electron chi connectivity index (χ1n) is 5.83. The molecule has 0 unspecified atom stereocenters. The SMILES string of the molecule is COC(=O)c1cc(F)c2c(c1)C(OS(=O)(=O)C(F)(F)F)=CCO2.